The first-order valence-corrected chi connectivity index (χ1v) is 8.17. The van der Waals surface area contributed by atoms with Crippen molar-refractivity contribution in [2.75, 3.05) is 18.9 Å². The van der Waals surface area contributed by atoms with Gasteiger partial charge in [0.2, 0.25) is 0 Å². The molecule has 0 atom stereocenters. The Hall–Kier alpha value is -0.710. The van der Waals surface area contributed by atoms with Crippen molar-refractivity contribution in [1.82, 2.24) is 5.32 Å². The standard InChI is InChI=1S/C15H22ClNO2S/c1-4-19-14(18)10-20-15-12(6-5-7-13(15)16)9-17-8-11(2)3/h5-7,11,17H,4,8-10H2,1-3H3. The Morgan fingerprint density at radius 2 is 2.20 bits per heavy atom. The lowest BCUT2D eigenvalue weighted by molar-refractivity contribution is -0.139. The molecule has 0 aromatic heterocycles. The third kappa shape index (κ3) is 6.16. The summed E-state index contributed by atoms with van der Waals surface area (Å²) in [7, 11) is 0. The maximum Gasteiger partial charge on any atom is 0.316 e. The molecule has 0 fully saturated rings. The van der Waals surface area contributed by atoms with Crippen LogP contribution in [0.1, 0.15) is 26.3 Å². The van der Waals surface area contributed by atoms with Gasteiger partial charge in [-0.25, -0.2) is 0 Å². The van der Waals surface area contributed by atoms with E-state index in [0.29, 0.717) is 17.5 Å². The van der Waals surface area contributed by atoms with Crippen LogP contribution in [0.2, 0.25) is 5.02 Å². The molecule has 0 saturated heterocycles. The number of thioether (sulfide) groups is 1. The maximum absolute atomic E-state index is 11.4. The molecule has 1 rings (SSSR count). The highest BCUT2D eigenvalue weighted by Crippen LogP contribution is 2.30. The van der Waals surface area contributed by atoms with E-state index in [2.05, 4.69) is 19.2 Å². The van der Waals surface area contributed by atoms with Crippen LogP contribution in [0, 0.1) is 5.92 Å². The van der Waals surface area contributed by atoms with Crippen molar-refractivity contribution >= 4 is 29.3 Å². The predicted octanol–water partition coefficient (Wildman–Crippen LogP) is 3.74. The number of nitrogens with one attached hydrogen (secondary N) is 1. The highest BCUT2D eigenvalue weighted by atomic mass is 35.5. The van der Waals surface area contributed by atoms with Gasteiger partial charge in [0.15, 0.2) is 0 Å². The van der Waals surface area contributed by atoms with Crippen LogP contribution in [0.25, 0.3) is 0 Å². The molecule has 0 amide bonds. The molecule has 1 aromatic carbocycles. The van der Waals surface area contributed by atoms with E-state index in [0.717, 1.165) is 23.5 Å². The minimum atomic E-state index is -0.210. The minimum Gasteiger partial charge on any atom is -0.465 e. The molecule has 0 bridgehead atoms. The summed E-state index contributed by atoms with van der Waals surface area (Å²) >= 11 is 7.66. The van der Waals surface area contributed by atoms with Crippen LogP contribution in [0.15, 0.2) is 23.1 Å². The number of ether oxygens (including phenoxy) is 1. The van der Waals surface area contributed by atoms with Gasteiger partial charge in [0.1, 0.15) is 0 Å². The Bertz CT molecular complexity index is 438. The van der Waals surface area contributed by atoms with Crippen molar-refractivity contribution in [2.24, 2.45) is 5.92 Å². The second kappa shape index (κ2) is 9.27. The lowest BCUT2D eigenvalue weighted by Crippen LogP contribution is -2.19. The number of benzene rings is 1. The van der Waals surface area contributed by atoms with Crippen LogP contribution in [0.4, 0.5) is 0 Å². The molecule has 20 heavy (non-hydrogen) atoms. The lowest BCUT2D eigenvalue weighted by Gasteiger charge is -2.13. The van der Waals surface area contributed by atoms with Gasteiger partial charge in [-0.3, -0.25) is 4.79 Å². The lowest BCUT2D eigenvalue weighted by atomic mass is 10.2. The SMILES string of the molecule is CCOC(=O)CSc1c(Cl)cccc1CNCC(C)C. The third-order valence-corrected chi connectivity index (χ3v) is 4.13. The van der Waals surface area contributed by atoms with E-state index in [-0.39, 0.29) is 11.7 Å². The van der Waals surface area contributed by atoms with Gasteiger partial charge in [-0.05, 0) is 31.0 Å². The number of esters is 1. The molecule has 0 spiro atoms. The summed E-state index contributed by atoms with van der Waals surface area (Å²) < 4.78 is 4.94. The van der Waals surface area contributed by atoms with Gasteiger partial charge >= 0.3 is 5.97 Å². The zero-order valence-electron chi connectivity index (χ0n) is 12.2. The van der Waals surface area contributed by atoms with Crippen molar-refractivity contribution in [3.8, 4) is 0 Å². The van der Waals surface area contributed by atoms with E-state index in [1.807, 2.05) is 18.2 Å². The van der Waals surface area contributed by atoms with Crippen LogP contribution in [-0.4, -0.2) is 24.9 Å². The molecule has 0 saturated carbocycles. The van der Waals surface area contributed by atoms with Gasteiger partial charge < -0.3 is 10.1 Å². The monoisotopic (exact) mass is 315 g/mol. The molecule has 0 aliphatic carbocycles. The fourth-order valence-corrected chi connectivity index (χ4v) is 2.92. The number of rotatable bonds is 8. The molecular weight excluding hydrogens is 294 g/mol. The molecule has 3 nitrogen and oxygen atoms in total. The van der Waals surface area contributed by atoms with E-state index < -0.39 is 0 Å². The van der Waals surface area contributed by atoms with Crippen LogP contribution in [-0.2, 0) is 16.1 Å². The predicted molar refractivity (Wildman–Crippen MR) is 85.4 cm³/mol. The summed E-state index contributed by atoms with van der Waals surface area (Å²) in [6, 6.07) is 5.82. The van der Waals surface area contributed by atoms with Gasteiger partial charge in [-0.1, -0.05) is 37.6 Å². The van der Waals surface area contributed by atoms with Crippen molar-refractivity contribution in [1.29, 1.82) is 0 Å². The number of carbonyl (C=O) groups excluding carboxylic acids is 1. The van der Waals surface area contributed by atoms with Crippen LogP contribution >= 0.6 is 23.4 Å². The summed E-state index contributed by atoms with van der Waals surface area (Å²) in [4.78, 5) is 12.4. The molecule has 1 aromatic rings. The fraction of sp³-hybridized carbons (Fsp3) is 0.533. The molecule has 5 heteroatoms. The molecule has 0 heterocycles. The molecular formula is C15H22ClNO2S. The summed E-state index contributed by atoms with van der Waals surface area (Å²) in [5, 5.41) is 4.08. The molecule has 1 N–H and O–H groups in total. The number of hydrogen-bond donors (Lipinski definition) is 1. The maximum atomic E-state index is 11.4. The third-order valence-electron chi connectivity index (χ3n) is 2.56. The van der Waals surface area contributed by atoms with E-state index in [4.69, 9.17) is 16.3 Å². The van der Waals surface area contributed by atoms with E-state index >= 15 is 0 Å². The summed E-state index contributed by atoms with van der Waals surface area (Å²) in [6.45, 7) is 8.26. The molecule has 0 radical (unpaired) electrons. The average molecular weight is 316 g/mol. The average Bonchev–Trinajstić information content (AvgIpc) is 2.38. The van der Waals surface area contributed by atoms with Crippen LogP contribution in [0.3, 0.4) is 0 Å². The topological polar surface area (TPSA) is 38.3 Å². The van der Waals surface area contributed by atoms with Crippen LogP contribution < -0.4 is 5.32 Å². The highest BCUT2D eigenvalue weighted by Gasteiger charge is 2.11. The van der Waals surface area contributed by atoms with Crippen molar-refractivity contribution in [2.45, 2.75) is 32.2 Å². The number of carbonyl (C=O) groups is 1. The van der Waals surface area contributed by atoms with E-state index in [1.165, 1.54) is 11.8 Å². The first kappa shape index (κ1) is 17.3. The number of hydrogen-bond acceptors (Lipinski definition) is 4. The van der Waals surface area contributed by atoms with Crippen molar-refractivity contribution < 1.29 is 9.53 Å². The van der Waals surface area contributed by atoms with Gasteiger partial charge in [-0.2, -0.15) is 0 Å². The van der Waals surface area contributed by atoms with Gasteiger partial charge in [0.25, 0.3) is 0 Å². The Morgan fingerprint density at radius 3 is 2.85 bits per heavy atom. The number of halogens is 1. The second-order valence-electron chi connectivity index (χ2n) is 4.85. The largest absolute Gasteiger partial charge is 0.465 e. The summed E-state index contributed by atoms with van der Waals surface area (Å²) in [5.41, 5.74) is 1.12. The van der Waals surface area contributed by atoms with Gasteiger partial charge in [0.05, 0.1) is 17.4 Å². The van der Waals surface area contributed by atoms with Crippen LogP contribution in [0.5, 0.6) is 0 Å². The molecule has 0 aliphatic heterocycles. The quantitative estimate of drug-likeness (QED) is 0.586. The van der Waals surface area contributed by atoms with E-state index in [9.17, 15) is 4.79 Å². The Labute approximate surface area is 130 Å². The summed E-state index contributed by atoms with van der Waals surface area (Å²) in [5.74, 6) is 0.678. The Kier molecular flexibility index (Phi) is 8.04. The molecule has 112 valence electrons. The highest BCUT2D eigenvalue weighted by molar-refractivity contribution is 8.00. The van der Waals surface area contributed by atoms with Crippen molar-refractivity contribution in [3.63, 3.8) is 0 Å². The fourth-order valence-electron chi connectivity index (χ4n) is 1.68. The minimum absolute atomic E-state index is 0.210. The molecule has 0 aliphatic rings. The van der Waals surface area contributed by atoms with E-state index in [1.54, 1.807) is 6.92 Å². The summed E-state index contributed by atoms with van der Waals surface area (Å²) in [6.07, 6.45) is 0. The second-order valence-corrected chi connectivity index (χ2v) is 6.24. The Morgan fingerprint density at radius 1 is 1.45 bits per heavy atom. The van der Waals surface area contributed by atoms with Gasteiger partial charge in [0, 0.05) is 11.4 Å². The smallest absolute Gasteiger partial charge is 0.316 e. The van der Waals surface area contributed by atoms with Crippen molar-refractivity contribution in [3.05, 3.63) is 28.8 Å². The Balaban J connectivity index is 2.65. The van der Waals surface area contributed by atoms with Gasteiger partial charge in [-0.15, -0.1) is 11.8 Å². The first-order valence-electron chi connectivity index (χ1n) is 6.81. The molecule has 0 unspecified atom stereocenters. The zero-order chi connectivity index (χ0) is 15.0. The first-order chi connectivity index (χ1) is 9.54. The zero-order valence-corrected chi connectivity index (χ0v) is 13.8. The normalized spacial score (nSPS) is 10.8.